The molecule has 1 saturated carbocycles. The summed E-state index contributed by atoms with van der Waals surface area (Å²) in [5.41, 5.74) is -0.309. The molecule has 0 spiro atoms. The third-order valence-electron chi connectivity index (χ3n) is 6.32. The molecule has 0 saturated heterocycles. The Morgan fingerprint density at radius 3 is 2.62 bits per heavy atom. The van der Waals surface area contributed by atoms with E-state index in [-0.39, 0.29) is 27.2 Å². The molecule has 3 aromatic carbocycles. The number of rotatable bonds is 9. The average Bonchev–Trinajstić information content (AvgIpc) is 3.65. The number of thioether (sulfide) groups is 1. The van der Waals surface area contributed by atoms with Gasteiger partial charge in [-0.3, -0.25) is 10.1 Å². The number of nitrogens with zero attached hydrogens (tertiary/aromatic N) is 3. The summed E-state index contributed by atoms with van der Waals surface area (Å²) in [6.45, 7) is 1.95. The number of sulfonamides is 1. The summed E-state index contributed by atoms with van der Waals surface area (Å²) in [4.78, 5) is 19.6. The monoisotopic (exact) mass is 590 g/mol. The lowest BCUT2D eigenvalue weighted by Gasteiger charge is -2.15. The van der Waals surface area contributed by atoms with Crippen LogP contribution in [-0.4, -0.2) is 35.1 Å². The summed E-state index contributed by atoms with van der Waals surface area (Å²) in [7, 11) is -4.26. The fourth-order valence-electron chi connectivity index (χ4n) is 4.42. The van der Waals surface area contributed by atoms with Crippen molar-refractivity contribution in [1.29, 1.82) is 0 Å². The van der Waals surface area contributed by atoms with Gasteiger partial charge in [0, 0.05) is 23.3 Å². The van der Waals surface area contributed by atoms with Crippen LogP contribution in [0.25, 0.3) is 22.0 Å². The van der Waals surface area contributed by atoms with Crippen molar-refractivity contribution < 1.29 is 22.1 Å². The lowest BCUT2D eigenvalue weighted by molar-refractivity contribution is -0.384. The third kappa shape index (κ3) is 5.46. The van der Waals surface area contributed by atoms with E-state index in [1.807, 2.05) is 6.92 Å². The van der Waals surface area contributed by atoms with Crippen LogP contribution < -0.4 is 4.72 Å². The first kappa shape index (κ1) is 27.4. The van der Waals surface area contributed by atoms with Crippen LogP contribution in [0.5, 0.6) is 0 Å². The van der Waals surface area contributed by atoms with Gasteiger partial charge in [-0.15, -0.1) is 0 Å². The molecule has 13 heteroatoms. The lowest BCUT2D eigenvalue weighted by Crippen LogP contribution is -2.27. The number of hydrogen-bond donors (Lipinski definition) is 1. The van der Waals surface area contributed by atoms with Crippen molar-refractivity contribution in [2.24, 2.45) is 0 Å². The summed E-state index contributed by atoms with van der Waals surface area (Å²) in [5, 5.41) is 13.0. The molecule has 202 valence electrons. The van der Waals surface area contributed by atoms with Gasteiger partial charge in [-0.05, 0) is 47.4 Å². The Morgan fingerprint density at radius 2 is 1.90 bits per heavy atom. The fraction of sp³-hybridized carbons (Fsp3) is 0.231. The fourth-order valence-corrected chi connectivity index (χ4v) is 6.92. The molecular weight excluding hydrogens is 570 g/mol. The smallest absolute Gasteiger partial charge is 0.258 e. The van der Waals surface area contributed by atoms with Crippen molar-refractivity contribution in [1.82, 2.24) is 14.7 Å². The number of benzene rings is 3. The molecule has 1 aliphatic carbocycles. The van der Waals surface area contributed by atoms with E-state index in [0.29, 0.717) is 28.5 Å². The van der Waals surface area contributed by atoms with Gasteiger partial charge in [-0.25, -0.2) is 31.9 Å². The first-order valence-corrected chi connectivity index (χ1v) is 14.8. The van der Waals surface area contributed by atoms with Gasteiger partial charge in [0.25, 0.3) is 0 Å². The minimum atomic E-state index is -4.26. The van der Waals surface area contributed by atoms with Gasteiger partial charge in [0.1, 0.15) is 0 Å². The number of hydrogen-bond acceptors (Lipinski definition) is 7. The Labute approximate surface area is 232 Å². The normalized spacial score (nSPS) is 16.9. The van der Waals surface area contributed by atoms with Gasteiger partial charge in [-0.2, -0.15) is 0 Å². The molecule has 39 heavy (non-hydrogen) atoms. The van der Waals surface area contributed by atoms with Gasteiger partial charge in [-0.1, -0.05) is 66.7 Å². The summed E-state index contributed by atoms with van der Waals surface area (Å²) in [5.74, 6) is -1.72. The largest absolute Gasteiger partial charge is 0.332 e. The van der Waals surface area contributed by atoms with Gasteiger partial charge in [0.05, 0.1) is 9.82 Å². The molecule has 0 aliphatic heterocycles. The van der Waals surface area contributed by atoms with Crippen molar-refractivity contribution in [3.05, 3.63) is 87.1 Å². The van der Waals surface area contributed by atoms with Crippen molar-refractivity contribution in [3.63, 3.8) is 0 Å². The molecule has 0 bridgehead atoms. The highest BCUT2D eigenvalue weighted by atomic mass is 35.5. The zero-order valence-corrected chi connectivity index (χ0v) is 22.8. The Balaban J connectivity index is 1.63. The van der Waals surface area contributed by atoms with Crippen LogP contribution >= 0.6 is 23.4 Å². The minimum Gasteiger partial charge on any atom is -0.258 e. The zero-order chi connectivity index (χ0) is 27.9. The molecule has 1 N–H and O–H groups in total. The van der Waals surface area contributed by atoms with E-state index in [0.717, 1.165) is 18.6 Å². The maximum Gasteiger partial charge on any atom is 0.332 e. The number of aromatic nitrogens is 2. The van der Waals surface area contributed by atoms with Gasteiger partial charge >= 0.3 is 5.69 Å². The highest BCUT2D eigenvalue weighted by Gasteiger charge is 2.42. The number of halogens is 3. The lowest BCUT2D eigenvalue weighted by atomic mass is 10.0. The Bertz CT molecular complexity index is 1720. The second-order valence-corrected chi connectivity index (χ2v) is 12.1. The molecule has 0 amide bonds. The third-order valence-corrected chi connectivity index (χ3v) is 9.17. The van der Waals surface area contributed by atoms with E-state index in [1.54, 1.807) is 30.3 Å². The van der Waals surface area contributed by atoms with Gasteiger partial charge in [0.2, 0.25) is 15.2 Å². The van der Waals surface area contributed by atoms with Crippen LogP contribution in [0.15, 0.2) is 64.6 Å². The van der Waals surface area contributed by atoms with E-state index in [1.165, 1.54) is 23.9 Å². The maximum atomic E-state index is 13.7. The zero-order valence-electron chi connectivity index (χ0n) is 20.4. The highest BCUT2D eigenvalue weighted by molar-refractivity contribution is 7.99. The molecule has 1 fully saturated rings. The van der Waals surface area contributed by atoms with Crippen LogP contribution in [0, 0.1) is 21.7 Å². The molecule has 1 aromatic heterocycles. The molecular formula is C26H21ClF2N4O4S2. The van der Waals surface area contributed by atoms with Gasteiger partial charge < -0.3 is 0 Å². The summed E-state index contributed by atoms with van der Waals surface area (Å²) in [6.07, 6.45) is 1.17. The molecule has 1 heterocycles. The van der Waals surface area contributed by atoms with E-state index in [9.17, 15) is 27.3 Å². The topological polar surface area (TPSA) is 115 Å². The predicted octanol–water partition coefficient (Wildman–Crippen LogP) is 6.47. The van der Waals surface area contributed by atoms with E-state index in [4.69, 9.17) is 11.6 Å². The SMILES string of the molecule is CCCSc1nc(Cl)c([N+](=O)[O-])c(-c2c(S(=O)(=O)N[C@@H]3C[C@H]3c3ccc(F)c(F)c3)ccc3ccccc23)n1. The van der Waals surface area contributed by atoms with Crippen LogP contribution in [0.4, 0.5) is 14.5 Å². The summed E-state index contributed by atoms with van der Waals surface area (Å²) >= 11 is 7.50. The first-order valence-electron chi connectivity index (χ1n) is 11.9. The number of fused-ring (bicyclic) bond motifs is 1. The Morgan fingerprint density at radius 1 is 1.13 bits per heavy atom. The van der Waals surface area contributed by atoms with Crippen molar-refractivity contribution in [2.75, 3.05) is 5.75 Å². The minimum absolute atomic E-state index is 0.0278. The summed E-state index contributed by atoms with van der Waals surface area (Å²) < 4.78 is 57.2. The Kier molecular flexibility index (Phi) is 7.55. The molecule has 4 aromatic rings. The number of nitrogens with one attached hydrogen (secondary N) is 1. The highest BCUT2D eigenvalue weighted by Crippen LogP contribution is 2.45. The number of nitro groups is 1. The van der Waals surface area contributed by atoms with Crippen LogP contribution in [0.3, 0.4) is 0 Å². The average molecular weight is 591 g/mol. The van der Waals surface area contributed by atoms with E-state index < -0.39 is 43.5 Å². The summed E-state index contributed by atoms with van der Waals surface area (Å²) in [6, 6.07) is 12.7. The van der Waals surface area contributed by atoms with E-state index >= 15 is 0 Å². The second-order valence-electron chi connectivity index (χ2n) is 9.00. The molecule has 0 radical (unpaired) electrons. The Hall–Kier alpha value is -3.19. The van der Waals surface area contributed by atoms with Crippen LogP contribution in [-0.2, 0) is 10.0 Å². The quantitative estimate of drug-likeness (QED) is 0.0780. The molecule has 1 aliphatic rings. The molecule has 2 atom stereocenters. The molecule has 5 rings (SSSR count). The standard InChI is InChI=1S/C26H21ClF2N4O4S2/c1-2-11-38-26-30-23(24(33(34)35)25(27)31-26)22-16-6-4-3-5-14(16)8-10-21(22)39(36,37)32-20-13-17(20)15-7-9-18(28)19(29)12-15/h3-10,12,17,20,32H,2,11,13H2,1H3/t17-,20+/m0/s1. The van der Waals surface area contributed by atoms with E-state index in [2.05, 4.69) is 14.7 Å². The second kappa shape index (κ2) is 10.8. The van der Waals surface area contributed by atoms with Crippen LogP contribution in [0.2, 0.25) is 5.15 Å². The maximum absolute atomic E-state index is 13.7. The van der Waals surface area contributed by atoms with Crippen molar-refractivity contribution >= 4 is 49.8 Å². The molecule has 0 unspecified atom stereocenters. The first-order chi connectivity index (χ1) is 18.6. The predicted molar refractivity (Wildman–Crippen MR) is 145 cm³/mol. The van der Waals surface area contributed by atoms with Crippen LogP contribution in [0.1, 0.15) is 31.2 Å². The van der Waals surface area contributed by atoms with Crippen molar-refractivity contribution in [2.45, 2.75) is 41.8 Å². The van der Waals surface area contributed by atoms with Gasteiger partial charge in [0.15, 0.2) is 22.5 Å². The van der Waals surface area contributed by atoms with Crippen molar-refractivity contribution in [3.8, 4) is 11.3 Å². The molecule has 8 nitrogen and oxygen atoms in total.